The normalized spacial score (nSPS) is 12.4. The number of carbonyl (C=O) groups is 1. The summed E-state index contributed by atoms with van der Waals surface area (Å²) >= 11 is 1.36. The number of benzene rings is 1. The number of hydrogen-bond donors (Lipinski definition) is 0. The van der Waals surface area contributed by atoms with Gasteiger partial charge in [-0.05, 0) is 41.6 Å². The highest BCUT2D eigenvalue weighted by Crippen LogP contribution is 2.41. The van der Waals surface area contributed by atoms with Crippen molar-refractivity contribution in [2.24, 2.45) is 0 Å². The maximum Gasteiger partial charge on any atom is 0.417 e. The smallest absolute Gasteiger partial charge is 0.417 e. The molecule has 2 nitrogen and oxygen atoms in total. The third kappa shape index (κ3) is 3.76. The molecule has 0 saturated carbocycles. The highest BCUT2D eigenvalue weighted by molar-refractivity contribution is 14.1. The van der Waals surface area contributed by atoms with Crippen LogP contribution in [0, 0.1) is 3.57 Å². The summed E-state index contributed by atoms with van der Waals surface area (Å²) in [5, 5.41) is 0. The van der Waals surface area contributed by atoms with E-state index in [1.54, 1.807) is 0 Å². The van der Waals surface area contributed by atoms with Gasteiger partial charge in [-0.2, -0.15) is 26.3 Å². The lowest BCUT2D eigenvalue weighted by Crippen LogP contribution is -2.19. The van der Waals surface area contributed by atoms with Crippen molar-refractivity contribution in [3.8, 4) is 0 Å². The quantitative estimate of drug-likeness (QED) is 0.406. The van der Waals surface area contributed by atoms with E-state index >= 15 is 0 Å². The highest BCUT2D eigenvalue weighted by atomic mass is 127. The molecule has 0 aromatic heterocycles. The van der Waals surface area contributed by atoms with E-state index in [9.17, 15) is 31.1 Å². The van der Waals surface area contributed by atoms with Crippen molar-refractivity contribution < 1.29 is 35.9 Å². The van der Waals surface area contributed by atoms with E-state index in [0.29, 0.717) is 0 Å². The van der Waals surface area contributed by atoms with Crippen molar-refractivity contribution in [1.82, 2.24) is 0 Å². The van der Waals surface area contributed by atoms with Crippen molar-refractivity contribution in [2.45, 2.75) is 19.3 Å². The third-order valence-corrected chi connectivity index (χ3v) is 3.11. The summed E-state index contributed by atoms with van der Waals surface area (Å²) in [5.41, 5.74) is -4.29. The molecule has 9 heteroatoms. The largest absolute Gasteiger partial charge is 0.462 e. The number of esters is 1. The Morgan fingerprint density at radius 1 is 1.10 bits per heavy atom. The maximum absolute atomic E-state index is 12.7. The van der Waals surface area contributed by atoms with E-state index < -0.39 is 35.0 Å². The Morgan fingerprint density at radius 3 is 1.95 bits per heavy atom. The summed E-state index contributed by atoms with van der Waals surface area (Å²) in [6.45, 7) is 1.33. The van der Waals surface area contributed by atoms with Crippen molar-refractivity contribution in [3.05, 3.63) is 32.4 Å². The molecule has 0 aliphatic heterocycles. The fraction of sp³-hybridized carbons (Fsp3) is 0.364. The summed E-state index contributed by atoms with van der Waals surface area (Å²) in [6.07, 6.45) is -10.4. The Balaban J connectivity index is 3.53. The van der Waals surface area contributed by atoms with Crippen LogP contribution in [0.3, 0.4) is 0 Å². The van der Waals surface area contributed by atoms with Gasteiger partial charge in [0.1, 0.15) is 0 Å². The van der Waals surface area contributed by atoms with E-state index in [1.165, 1.54) is 29.5 Å². The average Bonchev–Trinajstić information content (AvgIpc) is 2.25. The third-order valence-electron chi connectivity index (χ3n) is 2.21. The molecule has 0 unspecified atom stereocenters. The Bertz CT molecular complexity index is 521. The van der Waals surface area contributed by atoms with E-state index in [2.05, 4.69) is 4.74 Å². The SMILES string of the molecule is CCOC(=O)c1cc(C(F)(F)F)c(C(F)(F)F)cc1I. The molecule has 0 saturated heterocycles. The van der Waals surface area contributed by atoms with Gasteiger partial charge in [0.2, 0.25) is 0 Å². The second kappa shape index (κ2) is 5.78. The van der Waals surface area contributed by atoms with Crippen LogP contribution in [-0.4, -0.2) is 12.6 Å². The second-order valence-electron chi connectivity index (χ2n) is 3.59. The van der Waals surface area contributed by atoms with E-state index in [1.807, 2.05) is 0 Å². The van der Waals surface area contributed by atoms with Gasteiger partial charge in [0.15, 0.2) is 0 Å². The molecule has 0 fully saturated rings. The molecule has 1 aromatic carbocycles. The molecule has 0 N–H and O–H groups in total. The van der Waals surface area contributed by atoms with Gasteiger partial charge in [0.25, 0.3) is 0 Å². The van der Waals surface area contributed by atoms with Crippen LogP contribution in [0.15, 0.2) is 12.1 Å². The van der Waals surface area contributed by atoms with E-state index in [4.69, 9.17) is 0 Å². The lowest BCUT2D eigenvalue weighted by Gasteiger charge is -2.17. The van der Waals surface area contributed by atoms with Crippen molar-refractivity contribution in [1.29, 1.82) is 0 Å². The first-order valence-electron chi connectivity index (χ1n) is 5.13. The van der Waals surface area contributed by atoms with Crippen molar-refractivity contribution in [3.63, 3.8) is 0 Å². The van der Waals surface area contributed by atoms with Gasteiger partial charge in [0.05, 0.1) is 23.3 Å². The molecule has 0 amide bonds. The molecule has 0 radical (unpaired) electrons. The Hall–Kier alpha value is -1.00. The van der Waals surface area contributed by atoms with E-state index in [-0.39, 0.29) is 22.3 Å². The van der Waals surface area contributed by atoms with Crippen LogP contribution in [0.4, 0.5) is 26.3 Å². The van der Waals surface area contributed by atoms with Gasteiger partial charge in [0, 0.05) is 3.57 Å². The maximum atomic E-state index is 12.7. The fourth-order valence-electron chi connectivity index (χ4n) is 1.41. The summed E-state index contributed by atoms with van der Waals surface area (Å²) in [6, 6.07) is 0.457. The van der Waals surface area contributed by atoms with Crippen LogP contribution in [0.25, 0.3) is 0 Å². The molecule has 1 aromatic rings. The van der Waals surface area contributed by atoms with Gasteiger partial charge in [-0.1, -0.05) is 0 Å². The minimum absolute atomic E-state index is 0.0999. The van der Waals surface area contributed by atoms with Crippen LogP contribution >= 0.6 is 22.6 Å². The Morgan fingerprint density at radius 2 is 1.55 bits per heavy atom. The first-order valence-corrected chi connectivity index (χ1v) is 6.21. The molecular formula is C11H7F6IO2. The minimum atomic E-state index is -5.23. The molecule has 1 rings (SSSR count). The summed E-state index contributed by atoms with van der Waals surface area (Å²) in [7, 11) is 0. The van der Waals surface area contributed by atoms with Gasteiger partial charge >= 0.3 is 18.3 Å². The van der Waals surface area contributed by atoms with E-state index in [0.717, 1.165) is 0 Å². The highest BCUT2D eigenvalue weighted by Gasteiger charge is 2.44. The van der Waals surface area contributed by atoms with Gasteiger partial charge < -0.3 is 4.74 Å². The molecular weight excluding hydrogens is 405 g/mol. The molecule has 0 aliphatic carbocycles. The van der Waals surface area contributed by atoms with Crippen molar-refractivity contribution >= 4 is 28.6 Å². The Kier molecular flexibility index (Phi) is 4.93. The lowest BCUT2D eigenvalue weighted by atomic mass is 10.0. The molecule has 112 valence electrons. The molecule has 0 bridgehead atoms. The standard InChI is InChI=1S/C11H7F6IO2/c1-2-20-9(19)5-3-6(10(12,13)14)7(4-8(5)18)11(15,16)17/h3-4H,2H2,1H3. The van der Waals surface area contributed by atoms with Gasteiger partial charge in [-0.3, -0.25) is 0 Å². The van der Waals surface area contributed by atoms with Crippen LogP contribution < -0.4 is 0 Å². The van der Waals surface area contributed by atoms with Crippen LogP contribution in [0.1, 0.15) is 28.4 Å². The number of ether oxygens (including phenoxy) is 1. The molecule has 0 heterocycles. The number of rotatable bonds is 2. The fourth-order valence-corrected chi connectivity index (χ4v) is 2.09. The van der Waals surface area contributed by atoms with Crippen LogP contribution in [-0.2, 0) is 17.1 Å². The number of halogens is 7. The monoisotopic (exact) mass is 412 g/mol. The number of alkyl halides is 6. The van der Waals surface area contributed by atoms with Crippen LogP contribution in [0.2, 0.25) is 0 Å². The van der Waals surface area contributed by atoms with Crippen molar-refractivity contribution in [2.75, 3.05) is 6.61 Å². The lowest BCUT2D eigenvalue weighted by molar-refractivity contribution is -0.162. The predicted molar refractivity (Wildman–Crippen MR) is 65.1 cm³/mol. The molecule has 20 heavy (non-hydrogen) atoms. The molecule has 0 atom stereocenters. The first-order chi connectivity index (χ1) is 8.98. The topological polar surface area (TPSA) is 26.3 Å². The van der Waals surface area contributed by atoms with Crippen LogP contribution in [0.5, 0.6) is 0 Å². The summed E-state index contributed by atoms with van der Waals surface area (Å²) < 4.78 is 80.2. The first kappa shape index (κ1) is 17.1. The molecule has 0 aliphatic rings. The molecule has 0 spiro atoms. The summed E-state index contributed by atoms with van der Waals surface area (Å²) in [4.78, 5) is 11.4. The second-order valence-corrected chi connectivity index (χ2v) is 4.76. The number of hydrogen-bond acceptors (Lipinski definition) is 2. The zero-order chi connectivity index (χ0) is 15.7. The zero-order valence-corrected chi connectivity index (χ0v) is 12.0. The zero-order valence-electron chi connectivity index (χ0n) is 9.82. The average molecular weight is 412 g/mol. The van der Waals surface area contributed by atoms with Gasteiger partial charge in [-0.15, -0.1) is 0 Å². The van der Waals surface area contributed by atoms with Gasteiger partial charge in [-0.25, -0.2) is 4.79 Å². The summed E-state index contributed by atoms with van der Waals surface area (Å²) in [5.74, 6) is -1.10. The Labute approximate surface area is 123 Å². The minimum Gasteiger partial charge on any atom is -0.462 e. The predicted octanol–water partition coefficient (Wildman–Crippen LogP) is 4.51. The number of carbonyl (C=O) groups excluding carboxylic acids is 1.